The molecular weight excluding hydrogens is 232 g/mol. The van der Waals surface area contributed by atoms with Gasteiger partial charge in [0.2, 0.25) is 6.34 Å². The smallest absolute Gasteiger partial charge is 0.219 e. The van der Waals surface area contributed by atoms with Crippen LogP contribution in [-0.4, -0.2) is 43.8 Å². The molecule has 1 aromatic rings. The molecular formula is C12H14N4O2. The van der Waals surface area contributed by atoms with Crippen molar-refractivity contribution in [2.45, 2.75) is 0 Å². The SMILES string of the molecule is CN=C(C[N+]1([O-])C=NC=N1)c1ccc(OC)cc1. The Bertz CT molecular complexity index is 493. The summed E-state index contributed by atoms with van der Waals surface area (Å²) in [7, 11) is 3.26. The minimum atomic E-state index is -0.849. The highest BCUT2D eigenvalue weighted by molar-refractivity contribution is 6.02. The summed E-state index contributed by atoms with van der Waals surface area (Å²) in [5, 5.41) is 15.8. The van der Waals surface area contributed by atoms with E-state index in [2.05, 4.69) is 15.1 Å². The molecule has 94 valence electrons. The number of quaternary nitrogens is 1. The summed E-state index contributed by atoms with van der Waals surface area (Å²) >= 11 is 0. The van der Waals surface area contributed by atoms with Crippen molar-refractivity contribution in [1.82, 2.24) is 0 Å². The molecule has 0 bridgehead atoms. The first kappa shape index (κ1) is 12.4. The van der Waals surface area contributed by atoms with Gasteiger partial charge in [-0.3, -0.25) is 4.99 Å². The van der Waals surface area contributed by atoms with Gasteiger partial charge in [0.1, 0.15) is 5.75 Å². The van der Waals surface area contributed by atoms with E-state index >= 15 is 0 Å². The van der Waals surface area contributed by atoms with E-state index in [1.165, 1.54) is 12.7 Å². The highest BCUT2D eigenvalue weighted by atomic mass is 16.6. The molecule has 6 heteroatoms. The van der Waals surface area contributed by atoms with Crippen molar-refractivity contribution in [1.29, 1.82) is 0 Å². The van der Waals surface area contributed by atoms with Crippen LogP contribution in [0.25, 0.3) is 0 Å². The molecule has 18 heavy (non-hydrogen) atoms. The van der Waals surface area contributed by atoms with Crippen LogP contribution in [0.5, 0.6) is 5.75 Å². The van der Waals surface area contributed by atoms with Gasteiger partial charge >= 0.3 is 0 Å². The van der Waals surface area contributed by atoms with Crippen LogP contribution in [0.4, 0.5) is 0 Å². The molecule has 1 heterocycles. The van der Waals surface area contributed by atoms with Gasteiger partial charge in [0.25, 0.3) is 0 Å². The third-order valence-corrected chi connectivity index (χ3v) is 2.63. The first-order valence-corrected chi connectivity index (χ1v) is 5.44. The summed E-state index contributed by atoms with van der Waals surface area (Å²) in [6.45, 7) is 0.128. The predicted molar refractivity (Wildman–Crippen MR) is 70.9 cm³/mol. The molecule has 0 N–H and O–H groups in total. The van der Waals surface area contributed by atoms with Crippen molar-refractivity contribution in [3.8, 4) is 5.75 Å². The Kier molecular flexibility index (Phi) is 3.50. The average molecular weight is 246 g/mol. The van der Waals surface area contributed by atoms with Gasteiger partial charge in [0.15, 0.2) is 12.9 Å². The topological polar surface area (TPSA) is 69.4 Å². The fourth-order valence-electron chi connectivity index (χ4n) is 1.65. The predicted octanol–water partition coefficient (Wildman–Crippen LogP) is 1.41. The lowest BCUT2D eigenvalue weighted by Crippen LogP contribution is -2.38. The monoisotopic (exact) mass is 246 g/mol. The summed E-state index contributed by atoms with van der Waals surface area (Å²) in [6.07, 6.45) is 2.50. The summed E-state index contributed by atoms with van der Waals surface area (Å²) in [6, 6.07) is 7.39. The Morgan fingerprint density at radius 1 is 1.39 bits per heavy atom. The van der Waals surface area contributed by atoms with Crippen molar-refractivity contribution in [2.75, 3.05) is 20.7 Å². The second-order valence-electron chi connectivity index (χ2n) is 3.81. The molecule has 0 aromatic heterocycles. The molecule has 0 fully saturated rings. The van der Waals surface area contributed by atoms with Crippen LogP contribution < -0.4 is 4.74 Å². The van der Waals surface area contributed by atoms with Crippen LogP contribution >= 0.6 is 0 Å². The number of hydroxylamine groups is 2. The van der Waals surface area contributed by atoms with Crippen LogP contribution in [-0.2, 0) is 0 Å². The highest BCUT2D eigenvalue weighted by Crippen LogP contribution is 2.15. The second-order valence-corrected chi connectivity index (χ2v) is 3.81. The summed E-state index contributed by atoms with van der Waals surface area (Å²) < 4.78 is 4.24. The number of nitrogens with zero attached hydrogens (tertiary/aromatic N) is 4. The Labute approximate surface area is 105 Å². The zero-order valence-corrected chi connectivity index (χ0v) is 10.3. The van der Waals surface area contributed by atoms with Gasteiger partial charge in [0.05, 0.1) is 12.8 Å². The Hall–Kier alpha value is -2.05. The number of hydrogen-bond acceptors (Lipinski definition) is 5. The lowest BCUT2D eigenvalue weighted by molar-refractivity contribution is -0.775. The van der Waals surface area contributed by atoms with E-state index in [-0.39, 0.29) is 6.54 Å². The number of ether oxygens (including phenoxy) is 1. The number of benzene rings is 1. The molecule has 0 radical (unpaired) electrons. The molecule has 1 unspecified atom stereocenters. The van der Waals surface area contributed by atoms with Gasteiger partial charge in [0, 0.05) is 12.6 Å². The fraction of sp³-hybridized carbons (Fsp3) is 0.250. The van der Waals surface area contributed by atoms with Crippen molar-refractivity contribution >= 4 is 18.4 Å². The van der Waals surface area contributed by atoms with Crippen molar-refractivity contribution < 1.29 is 9.49 Å². The zero-order valence-electron chi connectivity index (χ0n) is 10.3. The number of rotatable bonds is 4. The number of methoxy groups -OCH3 is 1. The minimum absolute atomic E-state index is 0.128. The molecule has 0 spiro atoms. The van der Waals surface area contributed by atoms with E-state index in [1.54, 1.807) is 14.2 Å². The van der Waals surface area contributed by atoms with Crippen LogP contribution in [0, 0.1) is 5.21 Å². The summed E-state index contributed by atoms with van der Waals surface area (Å²) in [4.78, 5) is 7.86. The first-order valence-electron chi connectivity index (χ1n) is 5.44. The molecule has 1 atom stereocenters. The molecule has 0 amide bonds. The standard InChI is InChI=1S/C12H14N4O2/c1-13-12(7-16(17)9-14-8-15-16)10-3-5-11(18-2)6-4-10/h3-6,8-9H,7H2,1-2H3. The maximum absolute atomic E-state index is 12.1. The molecule has 1 aromatic carbocycles. The lowest BCUT2D eigenvalue weighted by Gasteiger charge is -2.27. The normalized spacial score (nSPS) is 22.5. The maximum atomic E-state index is 12.1. The Morgan fingerprint density at radius 3 is 2.61 bits per heavy atom. The molecule has 6 nitrogen and oxygen atoms in total. The Morgan fingerprint density at radius 2 is 2.11 bits per heavy atom. The number of hydrogen-bond donors (Lipinski definition) is 0. The van der Waals surface area contributed by atoms with Crippen molar-refractivity contribution in [3.05, 3.63) is 35.0 Å². The Balaban J connectivity index is 2.18. The van der Waals surface area contributed by atoms with E-state index in [1.807, 2.05) is 24.3 Å². The van der Waals surface area contributed by atoms with Gasteiger partial charge in [-0.25, -0.2) is 0 Å². The molecule has 1 aliphatic rings. The largest absolute Gasteiger partial charge is 0.598 e. The molecule has 2 rings (SSSR count). The average Bonchev–Trinajstić information content (AvgIpc) is 2.83. The zero-order chi connectivity index (χ0) is 13.0. The van der Waals surface area contributed by atoms with Gasteiger partial charge in [-0.15, -0.1) is 0 Å². The van der Waals surface area contributed by atoms with E-state index in [9.17, 15) is 5.21 Å². The van der Waals surface area contributed by atoms with Crippen LogP contribution in [0.1, 0.15) is 5.56 Å². The van der Waals surface area contributed by atoms with Crippen molar-refractivity contribution in [2.24, 2.45) is 15.1 Å². The molecule has 1 aliphatic heterocycles. The van der Waals surface area contributed by atoms with Gasteiger partial charge < -0.3 is 9.94 Å². The first-order chi connectivity index (χ1) is 8.67. The summed E-state index contributed by atoms with van der Waals surface area (Å²) in [5.41, 5.74) is 1.56. The van der Waals surface area contributed by atoms with Gasteiger partial charge in [-0.1, -0.05) is 5.10 Å². The minimum Gasteiger partial charge on any atom is -0.598 e. The summed E-state index contributed by atoms with van der Waals surface area (Å²) in [5.74, 6) is 0.765. The fourth-order valence-corrected chi connectivity index (χ4v) is 1.65. The molecule has 0 saturated heterocycles. The van der Waals surface area contributed by atoms with Crippen LogP contribution in [0.2, 0.25) is 0 Å². The van der Waals surface area contributed by atoms with E-state index in [4.69, 9.17) is 4.74 Å². The highest BCUT2D eigenvalue weighted by Gasteiger charge is 2.21. The lowest BCUT2D eigenvalue weighted by atomic mass is 10.1. The van der Waals surface area contributed by atoms with Gasteiger partial charge in [-0.05, 0) is 24.3 Å². The van der Waals surface area contributed by atoms with E-state index in [0.717, 1.165) is 11.3 Å². The second kappa shape index (κ2) is 5.07. The number of aliphatic imine (C=N–C) groups is 2. The quantitative estimate of drug-likeness (QED) is 0.458. The third kappa shape index (κ3) is 2.61. The van der Waals surface area contributed by atoms with Crippen molar-refractivity contribution in [3.63, 3.8) is 0 Å². The van der Waals surface area contributed by atoms with E-state index < -0.39 is 4.76 Å². The van der Waals surface area contributed by atoms with Crippen LogP contribution in [0.3, 0.4) is 0 Å². The maximum Gasteiger partial charge on any atom is 0.219 e. The third-order valence-electron chi connectivity index (χ3n) is 2.63. The molecule has 0 aliphatic carbocycles. The van der Waals surface area contributed by atoms with Crippen LogP contribution in [0.15, 0.2) is 39.4 Å². The van der Waals surface area contributed by atoms with E-state index in [0.29, 0.717) is 5.71 Å². The molecule has 0 saturated carbocycles. The van der Waals surface area contributed by atoms with Gasteiger partial charge in [-0.2, -0.15) is 9.75 Å².